The average molecular weight is 291 g/mol. The van der Waals surface area contributed by atoms with Crippen molar-refractivity contribution in [1.82, 2.24) is 0 Å². The lowest BCUT2D eigenvalue weighted by Crippen LogP contribution is -2.02. The lowest BCUT2D eigenvalue weighted by molar-refractivity contribution is 0.0696. The molecule has 0 saturated carbocycles. The maximum atomic E-state index is 10.7. The molecule has 0 heterocycles. The van der Waals surface area contributed by atoms with E-state index in [0.29, 0.717) is 12.4 Å². The van der Waals surface area contributed by atoms with E-state index in [1.54, 1.807) is 17.8 Å². The van der Waals surface area contributed by atoms with Gasteiger partial charge in [-0.3, -0.25) is 0 Å². The molecule has 1 aromatic rings. The molecule has 0 aromatic heterocycles. The molecular weight excluding hydrogens is 280 g/mol. The summed E-state index contributed by atoms with van der Waals surface area (Å²) in [5.74, 6) is 0.505. The van der Waals surface area contributed by atoms with Crippen LogP contribution in [-0.2, 0) is 0 Å². The molecule has 0 aliphatic carbocycles. The van der Waals surface area contributed by atoms with Crippen LogP contribution in [0.1, 0.15) is 10.4 Å². The molecule has 0 saturated heterocycles. The minimum Gasteiger partial charge on any atom is -0.492 e. The largest absolute Gasteiger partial charge is 0.492 e. The van der Waals surface area contributed by atoms with Crippen molar-refractivity contribution in [2.75, 3.05) is 18.6 Å². The Bertz CT molecular complexity index is 355. The Labute approximate surface area is 101 Å². The third kappa shape index (κ3) is 3.76. The second-order valence-electron chi connectivity index (χ2n) is 2.79. The highest BCUT2D eigenvalue weighted by Gasteiger charge is 2.07. The maximum absolute atomic E-state index is 10.7. The minimum absolute atomic E-state index is 0.234. The number of ether oxygens (including phenoxy) is 1. The van der Waals surface area contributed by atoms with Crippen molar-refractivity contribution in [2.24, 2.45) is 0 Å². The first kappa shape index (κ1) is 12.4. The predicted octanol–water partition coefficient (Wildman–Crippen LogP) is 2.89. The summed E-state index contributed by atoms with van der Waals surface area (Å²) in [4.78, 5) is 10.7. The lowest BCUT2D eigenvalue weighted by Gasteiger charge is -2.07. The summed E-state index contributed by atoms with van der Waals surface area (Å²) in [5, 5.41) is 8.80. The van der Waals surface area contributed by atoms with E-state index in [1.165, 1.54) is 12.1 Å². The summed E-state index contributed by atoms with van der Waals surface area (Å²) >= 11 is 4.99. The number of hydrogen-bond acceptors (Lipinski definition) is 3. The molecule has 0 unspecified atom stereocenters. The average Bonchev–Trinajstić information content (AvgIpc) is 2.20. The molecule has 0 radical (unpaired) electrons. The molecule has 1 aromatic carbocycles. The van der Waals surface area contributed by atoms with Crippen molar-refractivity contribution in [3.8, 4) is 5.75 Å². The highest BCUT2D eigenvalue weighted by Crippen LogP contribution is 2.26. The third-order valence-corrected chi connectivity index (χ3v) is 2.95. The van der Waals surface area contributed by atoms with Gasteiger partial charge in [-0.2, -0.15) is 11.8 Å². The van der Waals surface area contributed by atoms with Crippen LogP contribution in [0.5, 0.6) is 5.75 Å². The summed E-state index contributed by atoms with van der Waals surface area (Å²) in [6.45, 7) is 0.572. The van der Waals surface area contributed by atoms with E-state index in [2.05, 4.69) is 15.9 Å². The Morgan fingerprint density at radius 1 is 1.60 bits per heavy atom. The molecule has 0 fully saturated rings. The Morgan fingerprint density at radius 3 is 2.93 bits per heavy atom. The summed E-state index contributed by atoms with van der Waals surface area (Å²) in [7, 11) is 0. The molecule has 0 aliphatic heterocycles. The van der Waals surface area contributed by atoms with E-state index < -0.39 is 5.97 Å². The van der Waals surface area contributed by atoms with Gasteiger partial charge < -0.3 is 9.84 Å². The molecule has 0 spiro atoms. The Kier molecular flexibility index (Phi) is 4.98. The van der Waals surface area contributed by atoms with Gasteiger partial charge in [-0.25, -0.2) is 4.79 Å². The molecule has 0 atom stereocenters. The second kappa shape index (κ2) is 6.02. The van der Waals surface area contributed by atoms with Gasteiger partial charge in [0.05, 0.1) is 16.6 Å². The van der Waals surface area contributed by atoms with E-state index in [0.717, 1.165) is 10.2 Å². The quantitative estimate of drug-likeness (QED) is 0.847. The molecule has 3 nitrogen and oxygen atoms in total. The number of hydrogen-bond donors (Lipinski definition) is 1. The van der Waals surface area contributed by atoms with Crippen molar-refractivity contribution in [2.45, 2.75) is 0 Å². The molecule has 82 valence electrons. The fourth-order valence-electron chi connectivity index (χ4n) is 0.982. The van der Waals surface area contributed by atoms with Gasteiger partial charge in [0.1, 0.15) is 5.75 Å². The number of benzene rings is 1. The van der Waals surface area contributed by atoms with Gasteiger partial charge >= 0.3 is 5.97 Å². The smallest absolute Gasteiger partial charge is 0.335 e. The van der Waals surface area contributed by atoms with E-state index in [4.69, 9.17) is 9.84 Å². The van der Waals surface area contributed by atoms with Crippen molar-refractivity contribution in [1.29, 1.82) is 0 Å². The van der Waals surface area contributed by atoms with Gasteiger partial charge in [0.15, 0.2) is 0 Å². The molecule has 0 amide bonds. The maximum Gasteiger partial charge on any atom is 0.335 e. The second-order valence-corrected chi connectivity index (χ2v) is 4.63. The lowest BCUT2D eigenvalue weighted by atomic mass is 10.2. The first-order valence-electron chi connectivity index (χ1n) is 4.29. The zero-order valence-corrected chi connectivity index (χ0v) is 10.6. The van der Waals surface area contributed by atoms with Crippen LogP contribution < -0.4 is 4.74 Å². The van der Waals surface area contributed by atoms with Crippen LogP contribution >= 0.6 is 27.7 Å². The van der Waals surface area contributed by atoms with E-state index in [1.807, 2.05) is 6.26 Å². The van der Waals surface area contributed by atoms with Crippen LogP contribution in [0.2, 0.25) is 0 Å². The molecule has 15 heavy (non-hydrogen) atoms. The number of thioether (sulfide) groups is 1. The molecular formula is C10H11BrO3S. The minimum atomic E-state index is -0.947. The summed E-state index contributed by atoms with van der Waals surface area (Å²) in [6, 6.07) is 4.73. The fraction of sp³-hybridized carbons (Fsp3) is 0.300. The highest BCUT2D eigenvalue weighted by atomic mass is 79.9. The van der Waals surface area contributed by atoms with Gasteiger partial charge in [0.25, 0.3) is 0 Å². The van der Waals surface area contributed by atoms with Gasteiger partial charge in [0.2, 0.25) is 0 Å². The Balaban J connectivity index is 2.76. The van der Waals surface area contributed by atoms with Crippen LogP contribution in [0.4, 0.5) is 0 Å². The normalized spacial score (nSPS) is 10.0. The monoisotopic (exact) mass is 290 g/mol. The van der Waals surface area contributed by atoms with Crippen molar-refractivity contribution in [3.05, 3.63) is 28.2 Å². The summed E-state index contributed by atoms with van der Waals surface area (Å²) in [6.07, 6.45) is 1.99. The zero-order valence-electron chi connectivity index (χ0n) is 8.20. The number of carboxylic acids is 1. The number of carbonyl (C=O) groups is 1. The molecule has 0 aliphatic rings. The van der Waals surface area contributed by atoms with E-state index in [9.17, 15) is 4.79 Å². The fourth-order valence-corrected chi connectivity index (χ4v) is 1.59. The van der Waals surface area contributed by atoms with E-state index in [-0.39, 0.29) is 5.56 Å². The van der Waals surface area contributed by atoms with Crippen LogP contribution in [0.3, 0.4) is 0 Å². The topological polar surface area (TPSA) is 46.5 Å². The van der Waals surface area contributed by atoms with Crippen LogP contribution in [0, 0.1) is 0 Å². The first-order chi connectivity index (χ1) is 7.15. The predicted molar refractivity (Wildman–Crippen MR) is 65.0 cm³/mol. The SMILES string of the molecule is CSCCOc1cc(C(=O)O)ccc1Br. The zero-order chi connectivity index (χ0) is 11.3. The molecule has 1 rings (SSSR count). The van der Waals surface area contributed by atoms with Crippen molar-refractivity contribution in [3.63, 3.8) is 0 Å². The van der Waals surface area contributed by atoms with Crippen LogP contribution in [0.15, 0.2) is 22.7 Å². The number of halogens is 1. The van der Waals surface area contributed by atoms with Gasteiger partial charge in [-0.1, -0.05) is 0 Å². The van der Waals surface area contributed by atoms with E-state index >= 15 is 0 Å². The molecule has 0 bridgehead atoms. The van der Waals surface area contributed by atoms with Gasteiger partial charge in [-0.05, 0) is 40.4 Å². The van der Waals surface area contributed by atoms with Crippen molar-refractivity contribution >= 4 is 33.7 Å². The van der Waals surface area contributed by atoms with Crippen molar-refractivity contribution < 1.29 is 14.6 Å². The summed E-state index contributed by atoms with van der Waals surface area (Å²) < 4.78 is 6.21. The first-order valence-corrected chi connectivity index (χ1v) is 6.48. The number of carboxylic acid groups (broad SMARTS) is 1. The highest BCUT2D eigenvalue weighted by molar-refractivity contribution is 9.10. The van der Waals surface area contributed by atoms with Gasteiger partial charge in [-0.15, -0.1) is 0 Å². The third-order valence-electron chi connectivity index (χ3n) is 1.72. The van der Waals surface area contributed by atoms with Crippen LogP contribution in [0.25, 0.3) is 0 Å². The van der Waals surface area contributed by atoms with Crippen LogP contribution in [-0.4, -0.2) is 29.7 Å². The number of aromatic carboxylic acids is 1. The Morgan fingerprint density at radius 2 is 2.33 bits per heavy atom. The molecule has 5 heteroatoms. The standard InChI is InChI=1S/C10H11BrO3S/c1-15-5-4-14-9-6-7(10(12)13)2-3-8(9)11/h2-3,6H,4-5H2,1H3,(H,12,13). The Hall–Kier alpha value is -0.680. The summed E-state index contributed by atoms with van der Waals surface area (Å²) in [5.41, 5.74) is 0.234. The number of rotatable bonds is 5. The van der Waals surface area contributed by atoms with Gasteiger partial charge in [0, 0.05) is 5.75 Å². The molecule has 1 N–H and O–H groups in total.